The average molecular weight is 404 g/mol. The zero-order valence-electron chi connectivity index (χ0n) is 16.5. The second kappa shape index (κ2) is 9.13. The van der Waals surface area contributed by atoms with Crippen molar-refractivity contribution in [3.63, 3.8) is 0 Å². The van der Waals surface area contributed by atoms with Crippen molar-refractivity contribution in [2.24, 2.45) is 5.10 Å². The van der Waals surface area contributed by atoms with Crippen molar-refractivity contribution >= 4 is 6.21 Å². The Kier molecular flexibility index (Phi) is 5.93. The summed E-state index contributed by atoms with van der Waals surface area (Å²) < 4.78 is 23.4. The van der Waals surface area contributed by atoms with Crippen LogP contribution < -0.4 is 4.74 Å². The van der Waals surface area contributed by atoms with E-state index in [-0.39, 0.29) is 5.75 Å². The maximum absolute atomic E-state index is 14.6. The van der Waals surface area contributed by atoms with Crippen LogP contribution in [0.4, 0.5) is 4.39 Å². The van der Waals surface area contributed by atoms with Gasteiger partial charge in [0.15, 0.2) is 11.6 Å². The van der Waals surface area contributed by atoms with Crippen molar-refractivity contribution in [2.45, 2.75) is 19.8 Å². The van der Waals surface area contributed by atoms with Gasteiger partial charge in [-0.15, -0.1) is 10.2 Å². The largest absolute Gasteiger partial charge is 0.491 e. The molecule has 0 unspecified atom stereocenters. The fourth-order valence-corrected chi connectivity index (χ4v) is 2.89. The molecule has 2 aromatic heterocycles. The van der Waals surface area contributed by atoms with Crippen LogP contribution in [0.2, 0.25) is 0 Å². The highest BCUT2D eigenvalue weighted by Crippen LogP contribution is 2.27. The lowest BCUT2D eigenvalue weighted by molar-refractivity contribution is 0.294. The zero-order valence-corrected chi connectivity index (χ0v) is 16.5. The maximum Gasteiger partial charge on any atom is 0.165 e. The molecular weight excluding hydrogens is 383 g/mol. The van der Waals surface area contributed by atoms with E-state index in [1.165, 1.54) is 23.4 Å². The summed E-state index contributed by atoms with van der Waals surface area (Å²) in [4.78, 5) is 0. The molecule has 0 aliphatic rings. The number of rotatable bonds is 8. The Bertz CT molecular complexity index is 1120. The Morgan fingerprint density at radius 1 is 1.10 bits per heavy atom. The fraction of sp³-hybridized carbons (Fsp3) is 0.182. The molecule has 0 saturated heterocycles. The number of hydrogen-bond donors (Lipinski definition) is 0. The van der Waals surface area contributed by atoms with Crippen molar-refractivity contribution in [1.82, 2.24) is 24.7 Å². The molecule has 0 atom stereocenters. The van der Waals surface area contributed by atoms with Crippen molar-refractivity contribution in [2.75, 3.05) is 6.61 Å². The first-order valence-electron chi connectivity index (χ1n) is 9.71. The highest BCUT2D eigenvalue weighted by molar-refractivity contribution is 5.88. The Hall–Kier alpha value is -3.81. The van der Waals surface area contributed by atoms with Crippen LogP contribution in [0, 0.1) is 5.82 Å². The molecule has 4 rings (SSSR count). The molecule has 30 heavy (non-hydrogen) atoms. The van der Waals surface area contributed by atoms with Crippen LogP contribution in [0.5, 0.6) is 5.75 Å². The van der Waals surface area contributed by atoms with Crippen LogP contribution in [0.15, 0.2) is 72.5 Å². The van der Waals surface area contributed by atoms with Gasteiger partial charge in [-0.3, -0.25) is 0 Å². The number of ether oxygens (including phenoxy) is 1. The van der Waals surface area contributed by atoms with E-state index in [1.807, 2.05) is 36.5 Å². The topological polar surface area (TPSA) is 70.1 Å². The molecule has 7 nitrogen and oxygen atoms in total. The van der Waals surface area contributed by atoms with Crippen molar-refractivity contribution in [1.29, 1.82) is 0 Å². The second-order valence-corrected chi connectivity index (χ2v) is 6.65. The van der Waals surface area contributed by atoms with Gasteiger partial charge in [0, 0.05) is 17.3 Å². The molecule has 152 valence electrons. The van der Waals surface area contributed by atoms with Gasteiger partial charge in [0.2, 0.25) is 0 Å². The number of hydrogen-bond acceptors (Lipinski definition) is 5. The lowest BCUT2D eigenvalue weighted by Gasteiger charge is -2.08. The highest BCUT2D eigenvalue weighted by Gasteiger charge is 2.14. The number of nitrogens with zero attached hydrogens (tertiary/aromatic N) is 6. The molecule has 4 aromatic rings. The number of unbranched alkanes of at least 4 members (excludes halogenated alkanes) is 1. The summed E-state index contributed by atoms with van der Waals surface area (Å²) in [5.41, 5.74) is 2.86. The molecule has 0 spiro atoms. The number of benzene rings is 2. The van der Waals surface area contributed by atoms with Crippen LogP contribution in [-0.4, -0.2) is 37.5 Å². The van der Waals surface area contributed by atoms with Gasteiger partial charge >= 0.3 is 0 Å². The van der Waals surface area contributed by atoms with E-state index >= 15 is 0 Å². The fourth-order valence-electron chi connectivity index (χ4n) is 2.89. The number of para-hydroxylation sites is 1. The monoisotopic (exact) mass is 404 g/mol. The minimum atomic E-state index is -0.417. The predicted molar refractivity (Wildman–Crippen MR) is 112 cm³/mol. The van der Waals surface area contributed by atoms with Gasteiger partial charge in [-0.25, -0.2) is 13.7 Å². The van der Waals surface area contributed by atoms with Gasteiger partial charge in [-0.05, 0) is 36.8 Å². The van der Waals surface area contributed by atoms with Crippen molar-refractivity contribution < 1.29 is 9.13 Å². The standard InChI is InChI=1S/C22H21FN6O/c1-2-3-11-30-21-10-9-17(12-20(21)23)22-18(13-26-28-15-24-25-16-28)14-29(27-22)19-7-5-4-6-8-19/h4-10,12-16H,2-3,11H2,1H3/b26-13-. The third kappa shape index (κ3) is 4.43. The van der Waals surface area contributed by atoms with E-state index in [0.717, 1.165) is 24.1 Å². The summed E-state index contributed by atoms with van der Waals surface area (Å²) in [6.07, 6.45) is 8.34. The van der Waals surface area contributed by atoms with E-state index in [0.29, 0.717) is 17.9 Å². The Morgan fingerprint density at radius 2 is 1.90 bits per heavy atom. The molecule has 0 fully saturated rings. The smallest absolute Gasteiger partial charge is 0.165 e. The molecule has 0 bridgehead atoms. The summed E-state index contributed by atoms with van der Waals surface area (Å²) in [7, 11) is 0. The number of aromatic nitrogens is 5. The average Bonchev–Trinajstić information content (AvgIpc) is 3.44. The summed E-state index contributed by atoms with van der Waals surface area (Å²) in [5, 5.41) is 16.5. The van der Waals surface area contributed by atoms with Crippen molar-refractivity contribution in [3.05, 3.63) is 78.8 Å². The van der Waals surface area contributed by atoms with E-state index in [4.69, 9.17) is 4.74 Å². The van der Waals surface area contributed by atoms with Crippen LogP contribution in [0.1, 0.15) is 25.3 Å². The van der Waals surface area contributed by atoms with Gasteiger partial charge in [-0.1, -0.05) is 31.5 Å². The molecule has 0 aliphatic heterocycles. The van der Waals surface area contributed by atoms with E-state index in [1.54, 1.807) is 23.0 Å². The van der Waals surface area contributed by atoms with E-state index < -0.39 is 5.82 Å². The maximum atomic E-state index is 14.6. The quantitative estimate of drug-likeness (QED) is 0.324. The molecule has 8 heteroatoms. The highest BCUT2D eigenvalue weighted by atomic mass is 19.1. The molecule has 0 radical (unpaired) electrons. The summed E-state index contributed by atoms with van der Waals surface area (Å²) >= 11 is 0. The first-order valence-corrected chi connectivity index (χ1v) is 9.71. The SMILES string of the molecule is CCCCOc1ccc(-c2nn(-c3ccccc3)cc2/C=N\n2cnnc2)cc1F. The molecule has 0 amide bonds. The first-order chi connectivity index (χ1) is 14.7. The third-order valence-corrected chi connectivity index (χ3v) is 4.46. The van der Waals surface area contributed by atoms with E-state index in [2.05, 4.69) is 27.3 Å². The van der Waals surface area contributed by atoms with Crippen LogP contribution in [0.25, 0.3) is 16.9 Å². The Morgan fingerprint density at radius 3 is 2.63 bits per heavy atom. The second-order valence-electron chi connectivity index (χ2n) is 6.65. The Balaban J connectivity index is 1.70. The van der Waals surface area contributed by atoms with E-state index in [9.17, 15) is 4.39 Å². The van der Waals surface area contributed by atoms with Crippen LogP contribution >= 0.6 is 0 Å². The first kappa shape index (κ1) is 19.5. The van der Waals surface area contributed by atoms with Gasteiger partial charge < -0.3 is 4.74 Å². The molecule has 0 saturated carbocycles. The zero-order chi connectivity index (χ0) is 20.8. The molecule has 0 aliphatic carbocycles. The molecular formula is C22H21FN6O. The van der Waals surface area contributed by atoms with Gasteiger partial charge in [0.1, 0.15) is 18.3 Å². The predicted octanol–water partition coefficient (Wildman–Crippen LogP) is 4.33. The molecule has 2 heterocycles. The lowest BCUT2D eigenvalue weighted by Crippen LogP contribution is -1.99. The summed E-state index contributed by atoms with van der Waals surface area (Å²) in [5.74, 6) is -0.172. The van der Waals surface area contributed by atoms with Gasteiger partial charge in [0.05, 0.1) is 18.5 Å². The molecule has 0 N–H and O–H groups in total. The third-order valence-electron chi connectivity index (χ3n) is 4.46. The van der Waals surface area contributed by atoms with Crippen molar-refractivity contribution in [3.8, 4) is 22.7 Å². The van der Waals surface area contributed by atoms with Crippen LogP contribution in [-0.2, 0) is 0 Å². The van der Waals surface area contributed by atoms with Gasteiger partial charge in [0.25, 0.3) is 0 Å². The number of halogens is 1. The Labute approximate surface area is 173 Å². The molecule has 2 aromatic carbocycles. The minimum Gasteiger partial charge on any atom is -0.491 e. The van der Waals surface area contributed by atoms with Gasteiger partial charge in [-0.2, -0.15) is 10.2 Å². The summed E-state index contributed by atoms with van der Waals surface area (Å²) in [6.45, 7) is 2.56. The normalized spacial score (nSPS) is 11.3. The summed E-state index contributed by atoms with van der Waals surface area (Å²) in [6, 6.07) is 14.6. The minimum absolute atomic E-state index is 0.245. The lowest BCUT2D eigenvalue weighted by atomic mass is 10.1. The van der Waals surface area contributed by atoms with Crippen LogP contribution in [0.3, 0.4) is 0 Å².